The highest BCUT2D eigenvalue weighted by Gasteiger charge is 2.28. The van der Waals surface area contributed by atoms with Crippen LogP contribution in [-0.2, 0) is 9.59 Å². The number of allylic oxidation sites excluding steroid dienone is 2. The Hall–Kier alpha value is -1.12. The van der Waals surface area contributed by atoms with E-state index in [2.05, 4.69) is 5.32 Å². The van der Waals surface area contributed by atoms with Gasteiger partial charge in [-0.2, -0.15) is 0 Å². The fourth-order valence-electron chi connectivity index (χ4n) is 1.10. The van der Waals surface area contributed by atoms with Gasteiger partial charge in [0, 0.05) is 6.42 Å². The average molecular weight is 153 g/mol. The van der Waals surface area contributed by atoms with E-state index in [-0.39, 0.29) is 17.7 Å². The van der Waals surface area contributed by atoms with E-state index >= 15 is 0 Å². The highest BCUT2D eigenvalue weighted by Crippen LogP contribution is 2.14. The van der Waals surface area contributed by atoms with Crippen LogP contribution in [0.1, 0.15) is 19.8 Å². The zero-order valence-electron chi connectivity index (χ0n) is 6.46. The van der Waals surface area contributed by atoms with Crippen molar-refractivity contribution in [1.82, 2.24) is 5.32 Å². The maximum atomic E-state index is 10.9. The zero-order chi connectivity index (χ0) is 8.27. The minimum atomic E-state index is -0.149. The molecule has 0 aliphatic carbocycles. The van der Waals surface area contributed by atoms with Crippen LogP contribution in [0.5, 0.6) is 0 Å². The van der Waals surface area contributed by atoms with E-state index in [0.29, 0.717) is 12.8 Å². The van der Waals surface area contributed by atoms with Crippen LogP contribution in [0.2, 0.25) is 0 Å². The summed E-state index contributed by atoms with van der Waals surface area (Å²) in [4.78, 5) is 21.6. The van der Waals surface area contributed by atoms with Gasteiger partial charge in [0.2, 0.25) is 11.8 Å². The van der Waals surface area contributed by atoms with Gasteiger partial charge in [-0.05, 0) is 13.3 Å². The van der Waals surface area contributed by atoms with Gasteiger partial charge < -0.3 is 0 Å². The molecule has 0 spiro atoms. The summed E-state index contributed by atoms with van der Waals surface area (Å²) in [5.41, 5.74) is 0. The molecule has 1 saturated heterocycles. The summed E-state index contributed by atoms with van der Waals surface area (Å²) in [6.45, 7) is 1.90. The van der Waals surface area contributed by atoms with Crippen molar-refractivity contribution in [1.29, 1.82) is 0 Å². The normalized spacial score (nSPS) is 24.6. The van der Waals surface area contributed by atoms with Crippen molar-refractivity contribution in [3.63, 3.8) is 0 Å². The van der Waals surface area contributed by atoms with E-state index in [9.17, 15) is 9.59 Å². The maximum Gasteiger partial charge on any atom is 0.230 e. The Labute approximate surface area is 65.5 Å². The average Bonchev–Trinajstić information content (AvgIpc) is 2.26. The van der Waals surface area contributed by atoms with Crippen molar-refractivity contribution in [3.05, 3.63) is 12.2 Å². The molecule has 1 atom stereocenters. The lowest BCUT2D eigenvalue weighted by Gasteiger charge is -1.98. The first-order valence-corrected chi connectivity index (χ1v) is 3.69. The highest BCUT2D eigenvalue weighted by atomic mass is 16.2. The molecule has 0 aromatic carbocycles. The fraction of sp³-hybridized carbons (Fsp3) is 0.500. The molecule has 11 heavy (non-hydrogen) atoms. The molecule has 3 nitrogen and oxygen atoms in total. The van der Waals surface area contributed by atoms with Crippen molar-refractivity contribution < 1.29 is 9.59 Å². The third-order valence-corrected chi connectivity index (χ3v) is 1.72. The minimum Gasteiger partial charge on any atom is -0.296 e. The summed E-state index contributed by atoms with van der Waals surface area (Å²) in [5, 5.41) is 2.26. The van der Waals surface area contributed by atoms with Crippen molar-refractivity contribution in [3.8, 4) is 0 Å². The summed E-state index contributed by atoms with van der Waals surface area (Å²) in [7, 11) is 0. The Morgan fingerprint density at radius 1 is 1.64 bits per heavy atom. The largest absolute Gasteiger partial charge is 0.296 e. The van der Waals surface area contributed by atoms with E-state index < -0.39 is 0 Å². The van der Waals surface area contributed by atoms with Crippen LogP contribution in [0, 0.1) is 5.92 Å². The van der Waals surface area contributed by atoms with Gasteiger partial charge in [-0.3, -0.25) is 14.9 Å². The van der Waals surface area contributed by atoms with Crippen LogP contribution in [0.4, 0.5) is 0 Å². The van der Waals surface area contributed by atoms with Crippen LogP contribution in [0.15, 0.2) is 12.2 Å². The van der Waals surface area contributed by atoms with Crippen LogP contribution in [-0.4, -0.2) is 11.8 Å². The maximum absolute atomic E-state index is 10.9. The van der Waals surface area contributed by atoms with Crippen LogP contribution >= 0.6 is 0 Å². The molecule has 1 heterocycles. The highest BCUT2D eigenvalue weighted by molar-refractivity contribution is 6.03. The Morgan fingerprint density at radius 2 is 2.36 bits per heavy atom. The van der Waals surface area contributed by atoms with Gasteiger partial charge in [-0.1, -0.05) is 12.2 Å². The van der Waals surface area contributed by atoms with Crippen molar-refractivity contribution >= 4 is 11.8 Å². The van der Waals surface area contributed by atoms with Gasteiger partial charge in [-0.15, -0.1) is 0 Å². The zero-order valence-corrected chi connectivity index (χ0v) is 6.46. The minimum absolute atomic E-state index is 0.126. The Morgan fingerprint density at radius 3 is 2.82 bits per heavy atom. The number of hydrogen-bond acceptors (Lipinski definition) is 2. The number of amides is 2. The lowest BCUT2D eigenvalue weighted by Crippen LogP contribution is -2.21. The van der Waals surface area contributed by atoms with E-state index in [4.69, 9.17) is 0 Å². The van der Waals surface area contributed by atoms with Gasteiger partial charge in [0.05, 0.1) is 5.92 Å². The molecule has 1 rings (SSSR count). The predicted octanol–water partition coefficient (Wildman–Crippen LogP) is 0.615. The standard InChI is InChI=1S/C8H11NO2/c1-2-3-4-6-5-7(10)9-8(6)11/h2-3,6H,4-5H2,1H3,(H,9,10,11). The van der Waals surface area contributed by atoms with Crippen molar-refractivity contribution in [2.45, 2.75) is 19.8 Å². The summed E-state index contributed by atoms with van der Waals surface area (Å²) < 4.78 is 0. The second-order valence-electron chi connectivity index (χ2n) is 2.62. The number of hydrogen-bond donors (Lipinski definition) is 1. The van der Waals surface area contributed by atoms with Crippen molar-refractivity contribution in [2.24, 2.45) is 5.92 Å². The van der Waals surface area contributed by atoms with Gasteiger partial charge in [0.25, 0.3) is 0 Å². The Bertz CT molecular complexity index is 208. The molecule has 0 aromatic rings. The molecule has 1 aliphatic rings. The Balaban J connectivity index is 2.47. The Kier molecular flexibility index (Phi) is 2.41. The summed E-state index contributed by atoms with van der Waals surface area (Å²) in [5.74, 6) is -0.406. The second kappa shape index (κ2) is 3.32. The molecule has 60 valence electrons. The number of nitrogens with one attached hydrogen (secondary N) is 1. The molecule has 0 bridgehead atoms. The topological polar surface area (TPSA) is 46.2 Å². The van der Waals surface area contributed by atoms with Gasteiger partial charge in [0.15, 0.2) is 0 Å². The summed E-state index contributed by atoms with van der Waals surface area (Å²) in [6.07, 6.45) is 4.82. The number of imide groups is 1. The molecule has 0 saturated carbocycles. The third kappa shape index (κ3) is 1.90. The van der Waals surface area contributed by atoms with E-state index in [1.165, 1.54) is 0 Å². The first kappa shape index (κ1) is 7.98. The first-order chi connectivity index (χ1) is 5.24. The van der Waals surface area contributed by atoms with Gasteiger partial charge in [0.1, 0.15) is 0 Å². The van der Waals surface area contributed by atoms with Crippen LogP contribution < -0.4 is 5.32 Å². The van der Waals surface area contributed by atoms with Crippen LogP contribution in [0.25, 0.3) is 0 Å². The number of carbonyl (C=O) groups excluding carboxylic acids is 2. The van der Waals surface area contributed by atoms with Crippen LogP contribution in [0.3, 0.4) is 0 Å². The summed E-state index contributed by atoms with van der Waals surface area (Å²) >= 11 is 0. The molecule has 0 aromatic heterocycles. The van der Waals surface area contributed by atoms with E-state index in [1.807, 2.05) is 19.1 Å². The predicted molar refractivity (Wildman–Crippen MR) is 40.7 cm³/mol. The van der Waals surface area contributed by atoms with E-state index in [1.54, 1.807) is 0 Å². The fourth-order valence-corrected chi connectivity index (χ4v) is 1.10. The molecule has 1 aliphatic heterocycles. The molecule has 1 unspecified atom stereocenters. The number of rotatable bonds is 2. The van der Waals surface area contributed by atoms with Gasteiger partial charge in [-0.25, -0.2) is 0 Å². The van der Waals surface area contributed by atoms with E-state index in [0.717, 1.165) is 0 Å². The monoisotopic (exact) mass is 153 g/mol. The quantitative estimate of drug-likeness (QED) is 0.467. The molecule has 1 fully saturated rings. The summed E-state index contributed by atoms with van der Waals surface area (Å²) in [6, 6.07) is 0. The lowest BCUT2D eigenvalue weighted by molar-refractivity contribution is -0.125. The third-order valence-electron chi connectivity index (χ3n) is 1.72. The first-order valence-electron chi connectivity index (χ1n) is 3.69. The molecule has 0 radical (unpaired) electrons. The van der Waals surface area contributed by atoms with Gasteiger partial charge >= 0.3 is 0 Å². The molecular weight excluding hydrogens is 142 g/mol. The SMILES string of the molecule is CC=CCC1CC(=O)NC1=O. The number of carbonyl (C=O) groups is 2. The second-order valence-corrected chi connectivity index (χ2v) is 2.62. The van der Waals surface area contributed by atoms with Crippen molar-refractivity contribution in [2.75, 3.05) is 0 Å². The smallest absolute Gasteiger partial charge is 0.230 e. The molecular formula is C8H11NO2. The molecule has 2 amide bonds. The molecule has 1 N–H and O–H groups in total. The lowest BCUT2D eigenvalue weighted by atomic mass is 10.0. The molecule has 3 heteroatoms.